The Labute approximate surface area is 124 Å². The van der Waals surface area contributed by atoms with Crippen LogP contribution in [0.2, 0.25) is 0 Å². The van der Waals surface area contributed by atoms with E-state index in [0.717, 1.165) is 16.9 Å². The third kappa shape index (κ3) is 3.84. The zero-order valence-corrected chi connectivity index (χ0v) is 12.1. The number of hydrogen-bond acceptors (Lipinski definition) is 3. The number of alkyl halides is 3. The molecule has 0 atom stereocenters. The van der Waals surface area contributed by atoms with Crippen molar-refractivity contribution in [3.8, 4) is 0 Å². The van der Waals surface area contributed by atoms with E-state index >= 15 is 0 Å². The molecule has 22 heavy (non-hydrogen) atoms. The summed E-state index contributed by atoms with van der Waals surface area (Å²) in [6.45, 7) is 3.43. The standard InChI is InChI=1S/C14H15F3N4O/c1-10(2)18-12-5-3-4-7-21(12)13(22)9-20-8-6-11(19-20)14(15,16)17/h3-8,10H,9H2,1-2H3. The quantitative estimate of drug-likeness (QED) is 0.873. The summed E-state index contributed by atoms with van der Waals surface area (Å²) in [6.07, 6.45) is -1.87. The van der Waals surface area contributed by atoms with Crippen LogP contribution in [0.4, 0.5) is 13.2 Å². The third-order valence-corrected chi connectivity index (χ3v) is 2.73. The minimum absolute atomic E-state index is 0.0111. The van der Waals surface area contributed by atoms with Crippen molar-refractivity contribution >= 4 is 5.91 Å². The molecular formula is C14H15F3N4O. The van der Waals surface area contributed by atoms with Crippen molar-refractivity contribution in [3.05, 3.63) is 47.8 Å². The predicted octanol–water partition coefficient (Wildman–Crippen LogP) is 2.35. The lowest BCUT2D eigenvalue weighted by molar-refractivity contribution is -0.141. The van der Waals surface area contributed by atoms with Gasteiger partial charge in [0, 0.05) is 18.4 Å². The molecule has 0 aliphatic rings. The van der Waals surface area contributed by atoms with Gasteiger partial charge in [0.05, 0.1) is 0 Å². The van der Waals surface area contributed by atoms with E-state index in [9.17, 15) is 18.0 Å². The van der Waals surface area contributed by atoms with E-state index in [4.69, 9.17) is 0 Å². The first-order valence-electron chi connectivity index (χ1n) is 6.63. The molecule has 0 aliphatic carbocycles. The maximum absolute atomic E-state index is 12.5. The highest BCUT2D eigenvalue weighted by Crippen LogP contribution is 2.27. The van der Waals surface area contributed by atoms with Gasteiger partial charge in [-0.15, -0.1) is 0 Å². The second-order valence-corrected chi connectivity index (χ2v) is 4.94. The van der Waals surface area contributed by atoms with Crippen molar-refractivity contribution in [2.24, 2.45) is 4.99 Å². The Morgan fingerprint density at radius 1 is 1.27 bits per heavy atom. The second-order valence-electron chi connectivity index (χ2n) is 4.94. The predicted molar refractivity (Wildman–Crippen MR) is 73.0 cm³/mol. The number of pyridine rings is 1. The van der Waals surface area contributed by atoms with Gasteiger partial charge in [-0.25, -0.2) is 0 Å². The van der Waals surface area contributed by atoms with Crippen LogP contribution in [0.3, 0.4) is 0 Å². The number of carbonyl (C=O) groups is 1. The largest absolute Gasteiger partial charge is 0.435 e. The molecule has 0 aromatic carbocycles. The lowest BCUT2D eigenvalue weighted by atomic mass is 10.4. The van der Waals surface area contributed by atoms with Crippen molar-refractivity contribution in [3.63, 3.8) is 0 Å². The maximum Gasteiger partial charge on any atom is 0.435 e. The van der Waals surface area contributed by atoms with Crippen LogP contribution in [0.25, 0.3) is 0 Å². The third-order valence-electron chi connectivity index (χ3n) is 2.73. The lowest BCUT2D eigenvalue weighted by Gasteiger charge is -2.07. The summed E-state index contributed by atoms with van der Waals surface area (Å²) in [4.78, 5) is 16.5. The summed E-state index contributed by atoms with van der Waals surface area (Å²) in [6, 6.07) is 5.88. The van der Waals surface area contributed by atoms with E-state index in [1.807, 2.05) is 13.8 Å². The van der Waals surface area contributed by atoms with Gasteiger partial charge < -0.3 is 0 Å². The van der Waals surface area contributed by atoms with Crippen LogP contribution in [-0.4, -0.2) is 26.3 Å². The number of nitrogens with zero attached hydrogens (tertiary/aromatic N) is 4. The first-order valence-corrected chi connectivity index (χ1v) is 6.63. The molecule has 2 aromatic heterocycles. The molecule has 0 fully saturated rings. The van der Waals surface area contributed by atoms with Crippen molar-refractivity contribution in [1.29, 1.82) is 0 Å². The van der Waals surface area contributed by atoms with E-state index in [-0.39, 0.29) is 12.6 Å². The summed E-state index contributed by atoms with van der Waals surface area (Å²) in [7, 11) is 0. The average Bonchev–Trinajstić information content (AvgIpc) is 2.87. The minimum Gasteiger partial charge on any atom is -0.272 e. The van der Waals surface area contributed by atoms with E-state index in [0.29, 0.717) is 5.49 Å². The normalized spacial score (nSPS) is 12.9. The van der Waals surface area contributed by atoms with Crippen molar-refractivity contribution in [1.82, 2.24) is 14.3 Å². The Balaban J connectivity index is 2.25. The molecule has 0 bridgehead atoms. The molecule has 0 amide bonds. The monoisotopic (exact) mass is 312 g/mol. The Morgan fingerprint density at radius 2 is 2.00 bits per heavy atom. The molecule has 0 unspecified atom stereocenters. The highest BCUT2D eigenvalue weighted by atomic mass is 19.4. The average molecular weight is 312 g/mol. The fourth-order valence-electron chi connectivity index (χ4n) is 1.83. The Bertz CT molecular complexity index is 728. The molecule has 0 aliphatic heterocycles. The van der Waals surface area contributed by atoms with Crippen molar-refractivity contribution < 1.29 is 18.0 Å². The van der Waals surface area contributed by atoms with Crippen LogP contribution in [0.15, 0.2) is 41.7 Å². The fraction of sp³-hybridized carbons (Fsp3) is 0.357. The number of hydrogen-bond donors (Lipinski definition) is 0. The van der Waals surface area contributed by atoms with Gasteiger partial charge >= 0.3 is 6.18 Å². The van der Waals surface area contributed by atoms with Gasteiger partial charge in [0.15, 0.2) is 5.69 Å². The topological polar surface area (TPSA) is 52.2 Å². The number of halogens is 3. The van der Waals surface area contributed by atoms with Crippen LogP contribution in [0, 0.1) is 0 Å². The maximum atomic E-state index is 12.5. The molecule has 118 valence electrons. The first-order chi connectivity index (χ1) is 10.3. The van der Waals surface area contributed by atoms with Crippen LogP contribution in [-0.2, 0) is 12.7 Å². The molecule has 2 rings (SSSR count). The Hall–Kier alpha value is -2.38. The smallest absolute Gasteiger partial charge is 0.272 e. The van der Waals surface area contributed by atoms with Gasteiger partial charge in [-0.05, 0) is 32.0 Å². The molecule has 2 aromatic rings. The molecular weight excluding hydrogens is 297 g/mol. The van der Waals surface area contributed by atoms with Gasteiger partial charge in [0.25, 0.3) is 5.91 Å². The molecule has 5 nitrogen and oxygen atoms in total. The van der Waals surface area contributed by atoms with Crippen LogP contribution in [0.1, 0.15) is 24.3 Å². The summed E-state index contributed by atoms with van der Waals surface area (Å²) >= 11 is 0. The molecule has 0 saturated carbocycles. The van der Waals surface area contributed by atoms with Gasteiger partial charge in [-0.1, -0.05) is 6.07 Å². The number of rotatable bonds is 3. The zero-order chi connectivity index (χ0) is 16.3. The minimum atomic E-state index is -4.52. The van der Waals surface area contributed by atoms with Crippen molar-refractivity contribution in [2.45, 2.75) is 32.6 Å². The highest BCUT2D eigenvalue weighted by Gasteiger charge is 2.33. The summed E-state index contributed by atoms with van der Waals surface area (Å²) < 4.78 is 39.7. The second kappa shape index (κ2) is 6.17. The van der Waals surface area contributed by atoms with Crippen molar-refractivity contribution in [2.75, 3.05) is 0 Å². The first kappa shape index (κ1) is 16.0. The van der Waals surface area contributed by atoms with E-state index in [1.54, 1.807) is 18.2 Å². The molecule has 0 saturated heterocycles. The SMILES string of the molecule is CC(C)N=c1ccccn1C(=O)Cn1ccc(C(F)(F)F)n1. The highest BCUT2D eigenvalue weighted by molar-refractivity contribution is 5.78. The van der Waals surface area contributed by atoms with Gasteiger partial charge in [0.1, 0.15) is 12.0 Å². The number of aromatic nitrogens is 3. The van der Waals surface area contributed by atoms with Crippen LogP contribution < -0.4 is 5.49 Å². The number of carbonyl (C=O) groups excluding carboxylic acids is 1. The van der Waals surface area contributed by atoms with Gasteiger partial charge in [0.2, 0.25) is 0 Å². The van der Waals surface area contributed by atoms with E-state index in [2.05, 4.69) is 10.1 Å². The Morgan fingerprint density at radius 3 is 2.59 bits per heavy atom. The lowest BCUT2D eigenvalue weighted by Crippen LogP contribution is -2.30. The molecule has 0 radical (unpaired) electrons. The molecule has 8 heteroatoms. The zero-order valence-electron chi connectivity index (χ0n) is 12.1. The fourth-order valence-corrected chi connectivity index (χ4v) is 1.83. The summed E-state index contributed by atoms with van der Waals surface area (Å²) in [5.41, 5.74) is -0.573. The van der Waals surface area contributed by atoms with Gasteiger partial charge in [-0.3, -0.25) is 19.0 Å². The van der Waals surface area contributed by atoms with E-state index in [1.165, 1.54) is 10.8 Å². The van der Waals surface area contributed by atoms with Gasteiger partial charge in [-0.2, -0.15) is 18.3 Å². The molecule has 0 N–H and O–H groups in total. The molecule has 0 spiro atoms. The van der Waals surface area contributed by atoms with E-state index < -0.39 is 17.8 Å². The van der Waals surface area contributed by atoms with Crippen LogP contribution in [0.5, 0.6) is 0 Å². The summed E-state index contributed by atoms with van der Waals surface area (Å²) in [5, 5.41) is 3.36. The van der Waals surface area contributed by atoms with Crippen LogP contribution >= 0.6 is 0 Å². The molecule has 2 heterocycles. The Kier molecular flexibility index (Phi) is 4.48. The summed E-state index contributed by atoms with van der Waals surface area (Å²) in [5.74, 6) is -0.420.